The fourth-order valence-electron chi connectivity index (χ4n) is 3.09. The standard InChI is InChI=1S/C24H25N3O4S/c1-17(18-10-5-4-6-11-18)25-24(29)21-14-7-8-15-22(21)26-23(28)19-12-9-13-20(16-19)32(30,31)27(2)3/h4-17H,1-3H3,(H,25,29)(H,26,28)/t17-/m0/s1. The summed E-state index contributed by atoms with van der Waals surface area (Å²) in [7, 11) is -0.830. The summed E-state index contributed by atoms with van der Waals surface area (Å²) in [5, 5.41) is 5.65. The first-order chi connectivity index (χ1) is 15.2. The molecule has 0 aromatic heterocycles. The molecule has 0 radical (unpaired) electrons. The van der Waals surface area contributed by atoms with Crippen molar-refractivity contribution in [2.75, 3.05) is 19.4 Å². The molecule has 2 N–H and O–H groups in total. The van der Waals surface area contributed by atoms with E-state index in [1.54, 1.807) is 24.3 Å². The van der Waals surface area contributed by atoms with Gasteiger partial charge in [0.15, 0.2) is 0 Å². The van der Waals surface area contributed by atoms with Crippen molar-refractivity contribution in [3.05, 3.63) is 95.6 Å². The number of hydrogen-bond acceptors (Lipinski definition) is 4. The fourth-order valence-corrected chi connectivity index (χ4v) is 4.04. The van der Waals surface area contributed by atoms with Gasteiger partial charge in [-0.15, -0.1) is 0 Å². The zero-order chi connectivity index (χ0) is 23.3. The minimum Gasteiger partial charge on any atom is -0.345 e. The van der Waals surface area contributed by atoms with Crippen molar-refractivity contribution in [1.29, 1.82) is 0 Å². The molecule has 0 bridgehead atoms. The van der Waals surface area contributed by atoms with Crippen LogP contribution in [-0.4, -0.2) is 38.6 Å². The molecule has 0 saturated heterocycles. The van der Waals surface area contributed by atoms with E-state index < -0.39 is 15.9 Å². The molecule has 0 aliphatic rings. The number of nitrogens with zero attached hydrogens (tertiary/aromatic N) is 1. The smallest absolute Gasteiger partial charge is 0.255 e. The lowest BCUT2D eigenvalue weighted by Crippen LogP contribution is -2.28. The number of anilines is 1. The minimum absolute atomic E-state index is 0.0119. The van der Waals surface area contributed by atoms with Gasteiger partial charge in [-0.3, -0.25) is 9.59 Å². The van der Waals surface area contributed by atoms with E-state index in [0.717, 1.165) is 9.87 Å². The SMILES string of the molecule is C[C@H](NC(=O)c1ccccc1NC(=O)c1cccc(S(=O)(=O)N(C)C)c1)c1ccccc1. The highest BCUT2D eigenvalue weighted by Gasteiger charge is 2.20. The van der Waals surface area contributed by atoms with Gasteiger partial charge in [0.1, 0.15) is 0 Å². The quantitative estimate of drug-likeness (QED) is 0.573. The molecule has 3 rings (SSSR count). The van der Waals surface area contributed by atoms with E-state index in [9.17, 15) is 18.0 Å². The molecule has 0 unspecified atom stereocenters. The van der Waals surface area contributed by atoms with Crippen LogP contribution in [0.5, 0.6) is 0 Å². The Morgan fingerprint density at radius 3 is 2.19 bits per heavy atom. The number of nitrogens with one attached hydrogen (secondary N) is 2. The van der Waals surface area contributed by atoms with Crippen molar-refractivity contribution in [2.45, 2.75) is 17.9 Å². The zero-order valence-corrected chi connectivity index (χ0v) is 18.9. The largest absolute Gasteiger partial charge is 0.345 e. The average Bonchev–Trinajstić information content (AvgIpc) is 2.79. The van der Waals surface area contributed by atoms with Gasteiger partial charge in [-0.05, 0) is 42.8 Å². The summed E-state index contributed by atoms with van der Waals surface area (Å²) >= 11 is 0. The minimum atomic E-state index is -3.68. The van der Waals surface area contributed by atoms with E-state index in [-0.39, 0.29) is 22.4 Å². The molecule has 1 atom stereocenters. The van der Waals surface area contributed by atoms with Crippen LogP contribution < -0.4 is 10.6 Å². The molecule has 0 aliphatic heterocycles. The second-order valence-corrected chi connectivity index (χ2v) is 9.57. The lowest BCUT2D eigenvalue weighted by Gasteiger charge is -2.16. The van der Waals surface area contributed by atoms with Crippen LogP contribution in [0.1, 0.15) is 39.2 Å². The van der Waals surface area contributed by atoms with E-state index in [1.165, 1.54) is 38.4 Å². The molecule has 7 nitrogen and oxygen atoms in total. The van der Waals surface area contributed by atoms with Crippen molar-refractivity contribution in [1.82, 2.24) is 9.62 Å². The molecule has 0 heterocycles. The van der Waals surface area contributed by atoms with Crippen molar-refractivity contribution in [2.24, 2.45) is 0 Å². The molecular formula is C24H25N3O4S. The first kappa shape index (κ1) is 23.2. The van der Waals surface area contributed by atoms with Gasteiger partial charge < -0.3 is 10.6 Å². The third-order valence-electron chi connectivity index (χ3n) is 4.94. The summed E-state index contributed by atoms with van der Waals surface area (Å²) in [4.78, 5) is 25.7. The molecule has 3 aromatic carbocycles. The molecule has 0 spiro atoms. The Balaban J connectivity index is 1.81. The molecule has 0 aliphatic carbocycles. The number of hydrogen-bond donors (Lipinski definition) is 2. The second-order valence-electron chi connectivity index (χ2n) is 7.42. The summed E-state index contributed by atoms with van der Waals surface area (Å²) in [5.41, 5.74) is 1.76. The lowest BCUT2D eigenvalue weighted by molar-refractivity contribution is 0.0940. The Morgan fingerprint density at radius 2 is 1.50 bits per heavy atom. The number of rotatable bonds is 7. The number of para-hydroxylation sites is 1. The van der Waals surface area contributed by atoms with Gasteiger partial charge >= 0.3 is 0 Å². The van der Waals surface area contributed by atoms with Gasteiger partial charge in [0.05, 0.1) is 22.2 Å². The Labute approximate surface area is 188 Å². The highest BCUT2D eigenvalue weighted by atomic mass is 32.2. The van der Waals surface area contributed by atoms with Crippen LogP contribution in [0.25, 0.3) is 0 Å². The highest BCUT2D eigenvalue weighted by molar-refractivity contribution is 7.89. The maximum atomic E-state index is 12.9. The van der Waals surface area contributed by atoms with Crippen molar-refractivity contribution in [3.63, 3.8) is 0 Å². The molecule has 3 aromatic rings. The Bertz CT molecular complexity index is 1220. The van der Waals surface area contributed by atoms with Gasteiger partial charge in [-0.25, -0.2) is 12.7 Å². The maximum absolute atomic E-state index is 12.9. The van der Waals surface area contributed by atoms with Crippen molar-refractivity contribution >= 4 is 27.5 Å². The zero-order valence-electron chi connectivity index (χ0n) is 18.1. The molecule has 0 fully saturated rings. The van der Waals surface area contributed by atoms with Gasteiger partial charge in [0, 0.05) is 19.7 Å². The summed E-state index contributed by atoms with van der Waals surface area (Å²) < 4.78 is 25.8. The number of sulfonamides is 1. The number of benzene rings is 3. The fraction of sp³-hybridized carbons (Fsp3) is 0.167. The molecule has 166 valence electrons. The van der Waals surface area contributed by atoms with E-state index in [1.807, 2.05) is 37.3 Å². The Kier molecular flexibility index (Phi) is 7.07. The summed E-state index contributed by atoms with van der Waals surface area (Å²) in [6.45, 7) is 1.88. The van der Waals surface area contributed by atoms with Gasteiger partial charge in [0.25, 0.3) is 11.8 Å². The first-order valence-electron chi connectivity index (χ1n) is 9.99. The highest BCUT2D eigenvalue weighted by Crippen LogP contribution is 2.20. The van der Waals surface area contributed by atoms with Crippen LogP contribution in [0.4, 0.5) is 5.69 Å². The second kappa shape index (κ2) is 9.76. The topological polar surface area (TPSA) is 95.6 Å². The third kappa shape index (κ3) is 5.22. The van der Waals surface area contributed by atoms with Gasteiger partial charge in [-0.2, -0.15) is 0 Å². The number of carbonyl (C=O) groups is 2. The molecule has 0 saturated carbocycles. The Morgan fingerprint density at radius 1 is 0.844 bits per heavy atom. The summed E-state index contributed by atoms with van der Waals surface area (Å²) in [6, 6.07) is 21.8. The predicted octanol–water partition coefficient (Wildman–Crippen LogP) is 3.68. The van der Waals surface area contributed by atoms with Gasteiger partial charge in [-0.1, -0.05) is 48.5 Å². The molecular weight excluding hydrogens is 426 g/mol. The van der Waals surface area contributed by atoms with Crippen LogP contribution >= 0.6 is 0 Å². The van der Waals surface area contributed by atoms with E-state index >= 15 is 0 Å². The number of amides is 2. The van der Waals surface area contributed by atoms with Crippen LogP contribution in [0, 0.1) is 0 Å². The normalized spacial score (nSPS) is 12.2. The maximum Gasteiger partial charge on any atom is 0.255 e. The molecule has 2 amide bonds. The number of carbonyl (C=O) groups excluding carboxylic acids is 2. The molecule has 8 heteroatoms. The first-order valence-corrected chi connectivity index (χ1v) is 11.4. The van der Waals surface area contributed by atoms with Gasteiger partial charge in [0.2, 0.25) is 10.0 Å². The molecule has 32 heavy (non-hydrogen) atoms. The van der Waals surface area contributed by atoms with Crippen LogP contribution in [0.2, 0.25) is 0 Å². The monoisotopic (exact) mass is 451 g/mol. The summed E-state index contributed by atoms with van der Waals surface area (Å²) in [6.07, 6.45) is 0. The van der Waals surface area contributed by atoms with Crippen LogP contribution in [-0.2, 0) is 10.0 Å². The van der Waals surface area contributed by atoms with Crippen molar-refractivity contribution in [3.8, 4) is 0 Å². The van der Waals surface area contributed by atoms with E-state index in [0.29, 0.717) is 11.3 Å². The Hall–Kier alpha value is -3.49. The van der Waals surface area contributed by atoms with Crippen molar-refractivity contribution < 1.29 is 18.0 Å². The van der Waals surface area contributed by atoms with E-state index in [2.05, 4.69) is 10.6 Å². The lowest BCUT2D eigenvalue weighted by atomic mass is 10.1. The third-order valence-corrected chi connectivity index (χ3v) is 6.75. The predicted molar refractivity (Wildman–Crippen MR) is 124 cm³/mol. The average molecular weight is 452 g/mol. The van der Waals surface area contributed by atoms with E-state index in [4.69, 9.17) is 0 Å². The summed E-state index contributed by atoms with van der Waals surface area (Å²) in [5.74, 6) is -0.849. The van der Waals surface area contributed by atoms with Crippen LogP contribution in [0.3, 0.4) is 0 Å². The van der Waals surface area contributed by atoms with Crippen LogP contribution in [0.15, 0.2) is 83.8 Å².